The van der Waals surface area contributed by atoms with Gasteiger partial charge >= 0.3 is 0 Å². The standard InChI is InChI=1S/C13H17N3OS/c1-4-14-12-7-10(8-17-3)15-13(16-12)11-6-5-9(2)18-11/h5-7H,4,8H2,1-3H3,(H,14,15,16). The summed E-state index contributed by atoms with van der Waals surface area (Å²) < 4.78 is 5.14. The Labute approximate surface area is 111 Å². The molecule has 2 aromatic rings. The number of nitrogens with one attached hydrogen (secondary N) is 1. The highest BCUT2D eigenvalue weighted by Gasteiger charge is 2.08. The van der Waals surface area contributed by atoms with E-state index in [-0.39, 0.29) is 0 Å². The molecule has 0 spiro atoms. The Hall–Kier alpha value is -1.46. The molecule has 0 unspecified atom stereocenters. The lowest BCUT2D eigenvalue weighted by Crippen LogP contribution is -2.04. The third-order valence-corrected chi connectivity index (χ3v) is 3.39. The minimum absolute atomic E-state index is 0.498. The van der Waals surface area contributed by atoms with E-state index in [9.17, 15) is 0 Å². The minimum atomic E-state index is 0.498. The van der Waals surface area contributed by atoms with E-state index in [1.807, 2.05) is 13.0 Å². The van der Waals surface area contributed by atoms with Crippen LogP contribution in [-0.4, -0.2) is 23.6 Å². The number of hydrogen-bond acceptors (Lipinski definition) is 5. The van der Waals surface area contributed by atoms with E-state index in [4.69, 9.17) is 4.74 Å². The van der Waals surface area contributed by atoms with Crippen LogP contribution in [0.15, 0.2) is 18.2 Å². The Morgan fingerprint density at radius 1 is 1.33 bits per heavy atom. The zero-order valence-electron chi connectivity index (χ0n) is 10.9. The lowest BCUT2D eigenvalue weighted by molar-refractivity contribution is 0.181. The largest absolute Gasteiger partial charge is 0.378 e. The summed E-state index contributed by atoms with van der Waals surface area (Å²) in [7, 11) is 1.67. The smallest absolute Gasteiger partial charge is 0.171 e. The van der Waals surface area contributed by atoms with Crippen LogP contribution in [0.5, 0.6) is 0 Å². The van der Waals surface area contributed by atoms with E-state index < -0.39 is 0 Å². The second-order valence-electron chi connectivity index (χ2n) is 3.94. The summed E-state index contributed by atoms with van der Waals surface area (Å²) in [6.07, 6.45) is 0. The van der Waals surface area contributed by atoms with Gasteiger partial charge in [0, 0.05) is 24.6 Å². The second-order valence-corrected chi connectivity index (χ2v) is 5.23. The van der Waals surface area contributed by atoms with Gasteiger partial charge in [-0.25, -0.2) is 9.97 Å². The average molecular weight is 263 g/mol. The van der Waals surface area contributed by atoms with E-state index in [1.54, 1.807) is 18.4 Å². The fourth-order valence-electron chi connectivity index (χ4n) is 1.66. The van der Waals surface area contributed by atoms with Gasteiger partial charge in [-0.15, -0.1) is 11.3 Å². The average Bonchev–Trinajstić information content (AvgIpc) is 2.76. The first-order valence-electron chi connectivity index (χ1n) is 5.90. The van der Waals surface area contributed by atoms with Gasteiger partial charge in [-0.2, -0.15) is 0 Å². The van der Waals surface area contributed by atoms with Gasteiger partial charge in [-0.3, -0.25) is 0 Å². The van der Waals surface area contributed by atoms with Crippen molar-refractivity contribution >= 4 is 17.2 Å². The van der Waals surface area contributed by atoms with Crippen molar-refractivity contribution in [3.8, 4) is 10.7 Å². The molecule has 0 aromatic carbocycles. The van der Waals surface area contributed by atoms with Crippen molar-refractivity contribution in [3.63, 3.8) is 0 Å². The number of anilines is 1. The molecule has 0 amide bonds. The van der Waals surface area contributed by atoms with Crippen molar-refractivity contribution in [3.05, 3.63) is 28.8 Å². The van der Waals surface area contributed by atoms with Gasteiger partial charge in [0.15, 0.2) is 5.82 Å². The highest BCUT2D eigenvalue weighted by Crippen LogP contribution is 2.26. The van der Waals surface area contributed by atoms with Gasteiger partial charge < -0.3 is 10.1 Å². The van der Waals surface area contributed by atoms with Gasteiger partial charge in [-0.05, 0) is 26.0 Å². The minimum Gasteiger partial charge on any atom is -0.378 e. The molecule has 96 valence electrons. The Morgan fingerprint density at radius 3 is 2.78 bits per heavy atom. The van der Waals surface area contributed by atoms with Gasteiger partial charge in [-0.1, -0.05) is 0 Å². The van der Waals surface area contributed by atoms with E-state index in [0.717, 1.165) is 28.8 Å². The first kappa shape index (κ1) is 13.0. The van der Waals surface area contributed by atoms with Crippen LogP contribution in [0.2, 0.25) is 0 Å². The molecule has 0 aliphatic heterocycles. The highest BCUT2D eigenvalue weighted by molar-refractivity contribution is 7.15. The summed E-state index contributed by atoms with van der Waals surface area (Å²) in [5.41, 5.74) is 0.893. The Morgan fingerprint density at radius 2 is 2.17 bits per heavy atom. The maximum Gasteiger partial charge on any atom is 0.171 e. The van der Waals surface area contributed by atoms with Crippen LogP contribution in [0, 0.1) is 6.92 Å². The van der Waals surface area contributed by atoms with Crippen molar-refractivity contribution in [2.45, 2.75) is 20.5 Å². The van der Waals surface area contributed by atoms with E-state index in [2.05, 4.69) is 34.3 Å². The van der Waals surface area contributed by atoms with Gasteiger partial charge in [0.1, 0.15) is 5.82 Å². The maximum atomic E-state index is 5.14. The zero-order valence-corrected chi connectivity index (χ0v) is 11.7. The third-order valence-electron chi connectivity index (χ3n) is 2.39. The van der Waals surface area contributed by atoms with Crippen molar-refractivity contribution in [2.24, 2.45) is 0 Å². The molecule has 18 heavy (non-hydrogen) atoms. The van der Waals surface area contributed by atoms with Crippen LogP contribution < -0.4 is 5.32 Å². The number of aryl methyl sites for hydroxylation is 1. The van der Waals surface area contributed by atoms with Crippen LogP contribution in [0.1, 0.15) is 17.5 Å². The molecule has 0 aliphatic carbocycles. The van der Waals surface area contributed by atoms with Crippen LogP contribution in [0.4, 0.5) is 5.82 Å². The first-order valence-corrected chi connectivity index (χ1v) is 6.72. The molecule has 2 rings (SSSR count). The first-order chi connectivity index (χ1) is 8.72. The molecule has 0 aliphatic rings. The third kappa shape index (κ3) is 3.05. The second kappa shape index (κ2) is 5.93. The molecule has 5 heteroatoms. The number of methoxy groups -OCH3 is 1. The molecule has 0 bridgehead atoms. The van der Waals surface area contributed by atoms with Crippen molar-refractivity contribution in [1.29, 1.82) is 0 Å². The molecule has 0 saturated carbocycles. The number of aromatic nitrogens is 2. The summed E-state index contributed by atoms with van der Waals surface area (Å²) >= 11 is 1.70. The van der Waals surface area contributed by atoms with E-state index in [1.165, 1.54) is 4.88 Å². The quantitative estimate of drug-likeness (QED) is 0.900. The van der Waals surface area contributed by atoms with E-state index in [0.29, 0.717) is 6.61 Å². The molecule has 0 radical (unpaired) electrons. The van der Waals surface area contributed by atoms with Crippen molar-refractivity contribution in [2.75, 3.05) is 19.0 Å². The van der Waals surface area contributed by atoms with E-state index >= 15 is 0 Å². The Kier molecular flexibility index (Phi) is 4.28. The molecule has 2 aromatic heterocycles. The summed E-state index contributed by atoms with van der Waals surface area (Å²) in [6, 6.07) is 6.07. The van der Waals surface area contributed by atoms with Crippen LogP contribution in [0.25, 0.3) is 10.7 Å². The number of ether oxygens (including phenoxy) is 1. The monoisotopic (exact) mass is 263 g/mol. The molecule has 4 nitrogen and oxygen atoms in total. The normalized spacial score (nSPS) is 10.6. The molecular weight excluding hydrogens is 246 g/mol. The molecule has 2 heterocycles. The highest BCUT2D eigenvalue weighted by atomic mass is 32.1. The van der Waals surface area contributed by atoms with Gasteiger partial charge in [0.2, 0.25) is 0 Å². The predicted molar refractivity (Wildman–Crippen MR) is 75.0 cm³/mol. The van der Waals surface area contributed by atoms with Crippen molar-refractivity contribution < 1.29 is 4.74 Å². The lowest BCUT2D eigenvalue weighted by Gasteiger charge is -2.07. The number of nitrogens with zero attached hydrogens (tertiary/aromatic N) is 2. The summed E-state index contributed by atoms with van der Waals surface area (Å²) in [6.45, 7) is 5.47. The molecule has 0 fully saturated rings. The number of rotatable bonds is 5. The number of hydrogen-bond donors (Lipinski definition) is 1. The zero-order chi connectivity index (χ0) is 13.0. The fourth-order valence-corrected chi connectivity index (χ4v) is 2.46. The van der Waals surface area contributed by atoms with Crippen LogP contribution in [0.3, 0.4) is 0 Å². The predicted octanol–water partition coefficient (Wildman–Crippen LogP) is 3.09. The van der Waals surface area contributed by atoms with Crippen LogP contribution >= 0.6 is 11.3 Å². The molecule has 1 N–H and O–H groups in total. The summed E-state index contributed by atoms with van der Waals surface area (Å²) in [4.78, 5) is 11.4. The Bertz CT molecular complexity index is 500. The van der Waals surface area contributed by atoms with Gasteiger partial charge in [0.25, 0.3) is 0 Å². The van der Waals surface area contributed by atoms with Crippen molar-refractivity contribution in [1.82, 2.24) is 9.97 Å². The maximum absolute atomic E-state index is 5.14. The summed E-state index contributed by atoms with van der Waals surface area (Å²) in [5.74, 6) is 1.61. The molecule has 0 atom stereocenters. The summed E-state index contributed by atoms with van der Waals surface area (Å²) in [5, 5.41) is 3.22. The SMILES string of the molecule is CCNc1cc(COC)nc(-c2ccc(C)s2)n1. The topological polar surface area (TPSA) is 47.0 Å². The van der Waals surface area contributed by atoms with Gasteiger partial charge in [0.05, 0.1) is 17.2 Å². The van der Waals surface area contributed by atoms with Crippen LogP contribution in [-0.2, 0) is 11.3 Å². The Balaban J connectivity index is 2.39. The lowest BCUT2D eigenvalue weighted by atomic mass is 10.3. The molecular formula is C13H17N3OS. The fraction of sp³-hybridized carbons (Fsp3) is 0.385. The molecule has 0 saturated heterocycles. The number of thiophene rings is 1.